The predicted octanol–water partition coefficient (Wildman–Crippen LogP) is 1.46. The quantitative estimate of drug-likeness (QED) is 0.676. The highest BCUT2D eigenvalue weighted by atomic mass is 16.2. The Hall–Kier alpha value is -1.06. The van der Waals surface area contributed by atoms with Crippen molar-refractivity contribution in [1.82, 2.24) is 10.6 Å². The lowest BCUT2D eigenvalue weighted by molar-refractivity contribution is -0.123. The van der Waals surface area contributed by atoms with Crippen LogP contribution in [0.4, 0.5) is 0 Å². The molecule has 0 bridgehead atoms. The molecule has 0 heterocycles. The molecule has 2 amide bonds. The molecule has 0 saturated carbocycles. The summed E-state index contributed by atoms with van der Waals surface area (Å²) in [5, 5.41) is 5.60. The molecule has 0 aliphatic carbocycles. The van der Waals surface area contributed by atoms with Gasteiger partial charge in [-0.15, -0.1) is 0 Å². The van der Waals surface area contributed by atoms with Crippen LogP contribution in [0.2, 0.25) is 0 Å². The summed E-state index contributed by atoms with van der Waals surface area (Å²) in [5.41, 5.74) is 0.0419. The van der Waals surface area contributed by atoms with Gasteiger partial charge in [0.2, 0.25) is 11.8 Å². The molecule has 0 aliphatic heterocycles. The van der Waals surface area contributed by atoms with Gasteiger partial charge in [-0.1, -0.05) is 20.8 Å². The van der Waals surface area contributed by atoms with Crippen molar-refractivity contribution in [3.8, 4) is 0 Å². The van der Waals surface area contributed by atoms with Gasteiger partial charge in [-0.3, -0.25) is 9.59 Å². The van der Waals surface area contributed by atoms with E-state index in [-0.39, 0.29) is 17.2 Å². The third-order valence-electron chi connectivity index (χ3n) is 1.99. The Labute approximate surface area is 98.2 Å². The van der Waals surface area contributed by atoms with Crippen molar-refractivity contribution in [3.63, 3.8) is 0 Å². The van der Waals surface area contributed by atoms with E-state index in [2.05, 4.69) is 10.6 Å². The van der Waals surface area contributed by atoms with Crippen LogP contribution in [0.1, 0.15) is 47.0 Å². The molecule has 0 aliphatic rings. The second-order valence-corrected chi connectivity index (χ2v) is 5.28. The second-order valence-electron chi connectivity index (χ2n) is 5.28. The van der Waals surface area contributed by atoms with Gasteiger partial charge in [-0.05, 0) is 18.3 Å². The number of carbonyl (C=O) groups excluding carboxylic acids is 2. The van der Waals surface area contributed by atoms with Gasteiger partial charge in [0, 0.05) is 26.4 Å². The molecule has 4 nitrogen and oxygen atoms in total. The lowest BCUT2D eigenvalue weighted by Gasteiger charge is -2.17. The minimum atomic E-state index is -0.00299. The highest BCUT2D eigenvalue weighted by Gasteiger charge is 2.14. The first kappa shape index (κ1) is 14.9. The molecule has 0 aromatic carbocycles. The molecule has 0 rings (SSSR count). The van der Waals surface area contributed by atoms with Crippen molar-refractivity contribution >= 4 is 11.8 Å². The molecule has 0 radical (unpaired) electrons. The lowest BCUT2D eigenvalue weighted by Crippen LogP contribution is -2.29. The highest BCUT2D eigenvalue weighted by Crippen LogP contribution is 2.17. The molecule has 4 heteroatoms. The Kier molecular flexibility index (Phi) is 6.77. The fourth-order valence-corrected chi connectivity index (χ4v) is 1.29. The maximum absolute atomic E-state index is 11.4. The second kappa shape index (κ2) is 7.25. The van der Waals surface area contributed by atoms with Crippen LogP contribution >= 0.6 is 0 Å². The third-order valence-corrected chi connectivity index (χ3v) is 1.99. The smallest absolute Gasteiger partial charge is 0.220 e. The van der Waals surface area contributed by atoms with Crippen molar-refractivity contribution in [2.75, 3.05) is 13.1 Å². The van der Waals surface area contributed by atoms with Gasteiger partial charge in [0.05, 0.1) is 0 Å². The average Bonchev–Trinajstić information content (AvgIpc) is 2.07. The minimum absolute atomic E-state index is 0.00299. The van der Waals surface area contributed by atoms with E-state index in [4.69, 9.17) is 0 Å². The fourth-order valence-electron chi connectivity index (χ4n) is 1.29. The first-order valence-corrected chi connectivity index (χ1v) is 5.82. The summed E-state index contributed by atoms with van der Waals surface area (Å²) in [6.45, 7) is 9.01. The Morgan fingerprint density at radius 1 is 1.00 bits per heavy atom. The molecule has 0 spiro atoms. The van der Waals surface area contributed by atoms with Gasteiger partial charge in [0.25, 0.3) is 0 Å². The van der Waals surface area contributed by atoms with E-state index in [1.807, 2.05) is 20.8 Å². The summed E-state index contributed by atoms with van der Waals surface area (Å²) in [4.78, 5) is 22.0. The normalized spacial score (nSPS) is 11.0. The summed E-state index contributed by atoms with van der Waals surface area (Å²) in [5.74, 6) is 0.101. The molecular weight excluding hydrogens is 204 g/mol. The SMILES string of the molecule is CC(=O)NCCCCNC(=O)CC(C)(C)C. The average molecular weight is 228 g/mol. The van der Waals surface area contributed by atoms with E-state index in [0.29, 0.717) is 19.5 Å². The molecule has 0 aromatic heterocycles. The van der Waals surface area contributed by atoms with Gasteiger partial charge in [0.15, 0.2) is 0 Å². The molecule has 0 aromatic rings. The van der Waals surface area contributed by atoms with Gasteiger partial charge >= 0.3 is 0 Å². The van der Waals surface area contributed by atoms with Crippen molar-refractivity contribution in [1.29, 1.82) is 0 Å². The Balaban J connectivity index is 3.38. The van der Waals surface area contributed by atoms with Crippen LogP contribution in [-0.2, 0) is 9.59 Å². The van der Waals surface area contributed by atoms with E-state index in [0.717, 1.165) is 12.8 Å². The molecule has 0 atom stereocenters. The molecular formula is C12H24N2O2. The van der Waals surface area contributed by atoms with Crippen molar-refractivity contribution in [3.05, 3.63) is 0 Å². The molecule has 94 valence electrons. The van der Waals surface area contributed by atoms with E-state index in [9.17, 15) is 9.59 Å². The van der Waals surface area contributed by atoms with E-state index >= 15 is 0 Å². The predicted molar refractivity (Wildman–Crippen MR) is 65.0 cm³/mol. The van der Waals surface area contributed by atoms with Gasteiger partial charge < -0.3 is 10.6 Å². The summed E-state index contributed by atoms with van der Waals surface area (Å²) < 4.78 is 0. The maximum atomic E-state index is 11.4. The van der Waals surface area contributed by atoms with Crippen molar-refractivity contribution in [2.24, 2.45) is 5.41 Å². The maximum Gasteiger partial charge on any atom is 0.220 e. The number of unbranched alkanes of at least 4 members (excludes halogenated alkanes) is 1. The van der Waals surface area contributed by atoms with E-state index in [1.165, 1.54) is 6.92 Å². The largest absolute Gasteiger partial charge is 0.356 e. The zero-order valence-corrected chi connectivity index (χ0v) is 10.9. The zero-order valence-electron chi connectivity index (χ0n) is 10.9. The number of hydrogen-bond donors (Lipinski definition) is 2. The van der Waals surface area contributed by atoms with Crippen LogP contribution in [-0.4, -0.2) is 24.9 Å². The molecule has 16 heavy (non-hydrogen) atoms. The lowest BCUT2D eigenvalue weighted by atomic mass is 9.92. The van der Waals surface area contributed by atoms with Gasteiger partial charge in [-0.25, -0.2) is 0 Å². The monoisotopic (exact) mass is 228 g/mol. The Morgan fingerprint density at radius 3 is 1.94 bits per heavy atom. The van der Waals surface area contributed by atoms with Crippen molar-refractivity contribution < 1.29 is 9.59 Å². The van der Waals surface area contributed by atoms with E-state index in [1.54, 1.807) is 0 Å². The number of amides is 2. The topological polar surface area (TPSA) is 58.2 Å². The Bertz CT molecular complexity index is 232. The summed E-state index contributed by atoms with van der Waals surface area (Å²) in [6.07, 6.45) is 2.35. The van der Waals surface area contributed by atoms with Gasteiger partial charge in [0.1, 0.15) is 0 Å². The first-order valence-electron chi connectivity index (χ1n) is 5.82. The number of rotatable bonds is 6. The minimum Gasteiger partial charge on any atom is -0.356 e. The van der Waals surface area contributed by atoms with Crippen LogP contribution in [0.5, 0.6) is 0 Å². The summed E-state index contributed by atoms with van der Waals surface area (Å²) in [6, 6.07) is 0. The van der Waals surface area contributed by atoms with Crippen LogP contribution in [0, 0.1) is 5.41 Å². The van der Waals surface area contributed by atoms with Gasteiger partial charge in [-0.2, -0.15) is 0 Å². The number of nitrogens with one attached hydrogen (secondary N) is 2. The molecule has 0 saturated heterocycles. The van der Waals surface area contributed by atoms with Crippen LogP contribution in [0.3, 0.4) is 0 Å². The summed E-state index contributed by atoms with van der Waals surface area (Å²) in [7, 11) is 0. The Morgan fingerprint density at radius 2 is 1.50 bits per heavy atom. The first-order chi connectivity index (χ1) is 7.31. The molecule has 0 fully saturated rings. The van der Waals surface area contributed by atoms with E-state index < -0.39 is 0 Å². The number of carbonyl (C=O) groups is 2. The molecule has 0 unspecified atom stereocenters. The number of hydrogen-bond acceptors (Lipinski definition) is 2. The highest BCUT2D eigenvalue weighted by molar-refractivity contribution is 5.76. The van der Waals surface area contributed by atoms with Crippen LogP contribution in [0.25, 0.3) is 0 Å². The fraction of sp³-hybridized carbons (Fsp3) is 0.833. The standard InChI is InChI=1S/C12H24N2O2/c1-10(15)13-7-5-6-8-14-11(16)9-12(2,3)4/h5-9H2,1-4H3,(H,13,15)(H,14,16). The summed E-state index contributed by atoms with van der Waals surface area (Å²) >= 11 is 0. The molecule has 2 N–H and O–H groups in total. The zero-order chi connectivity index (χ0) is 12.6. The van der Waals surface area contributed by atoms with Crippen LogP contribution in [0.15, 0.2) is 0 Å². The van der Waals surface area contributed by atoms with Crippen molar-refractivity contribution in [2.45, 2.75) is 47.0 Å². The van der Waals surface area contributed by atoms with Crippen LogP contribution < -0.4 is 10.6 Å². The third kappa shape index (κ3) is 11.0.